The molecule has 0 amide bonds. The molecule has 0 aromatic rings. The summed E-state index contributed by atoms with van der Waals surface area (Å²) in [4.78, 5) is 2.56. The highest BCUT2D eigenvalue weighted by atomic mass is 15.2. The van der Waals surface area contributed by atoms with E-state index in [0.29, 0.717) is 0 Å². The van der Waals surface area contributed by atoms with Crippen molar-refractivity contribution in [3.05, 3.63) is 12.3 Å². The van der Waals surface area contributed by atoms with Crippen LogP contribution in [0.1, 0.15) is 27.7 Å². The molecular weight excluding hydrogens is 158 g/mol. The fourth-order valence-corrected chi connectivity index (χ4v) is 3.25. The summed E-state index contributed by atoms with van der Waals surface area (Å²) in [6.07, 6.45) is 4.72. The van der Waals surface area contributed by atoms with Gasteiger partial charge in [0, 0.05) is 18.5 Å². The van der Waals surface area contributed by atoms with Crippen LogP contribution in [0.15, 0.2) is 12.3 Å². The van der Waals surface area contributed by atoms with Gasteiger partial charge in [-0.15, -0.1) is 0 Å². The quantitative estimate of drug-likeness (QED) is 0.630. The van der Waals surface area contributed by atoms with Crippen LogP contribution in [0.25, 0.3) is 0 Å². The van der Waals surface area contributed by atoms with Crippen molar-refractivity contribution in [1.29, 1.82) is 0 Å². The van der Waals surface area contributed by atoms with Crippen LogP contribution in [-0.4, -0.2) is 17.5 Å². The highest BCUT2D eigenvalue weighted by molar-refractivity contribution is 5.12. The zero-order valence-corrected chi connectivity index (χ0v) is 9.20. The second-order valence-electron chi connectivity index (χ2n) is 5.26. The third-order valence-electron chi connectivity index (χ3n) is 3.67. The molecule has 2 bridgehead atoms. The Labute approximate surface area is 81.8 Å². The predicted octanol–water partition coefficient (Wildman–Crippen LogP) is 2.74. The van der Waals surface area contributed by atoms with Crippen molar-refractivity contribution >= 4 is 0 Å². The smallest absolute Gasteiger partial charge is 0.0344 e. The molecule has 0 aromatic heterocycles. The number of hydrogen-bond donors (Lipinski definition) is 0. The third-order valence-corrected chi connectivity index (χ3v) is 3.67. The molecule has 0 radical (unpaired) electrons. The van der Waals surface area contributed by atoms with Gasteiger partial charge in [0.25, 0.3) is 0 Å². The molecule has 0 N–H and O–H groups in total. The molecule has 0 aliphatic carbocycles. The molecule has 0 spiro atoms. The summed E-state index contributed by atoms with van der Waals surface area (Å²) in [5, 5.41) is 0. The molecule has 2 aliphatic rings. The summed E-state index contributed by atoms with van der Waals surface area (Å²) in [5.74, 6) is 3.35. The Morgan fingerprint density at radius 3 is 2.31 bits per heavy atom. The second kappa shape index (κ2) is 3.04. The van der Waals surface area contributed by atoms with Gasteiger partial charge in [-0.3, -0.25) is 0 Å². The van der Waals surface area contributed by atoms with E-state index in [9.17, 15) is 0 Å². The van der Waals surface area contributed by atoms with Crippen molar-refractivity contribution in [2.45, 2.75) is 33.7 Å². The fraction of sp³-hybridized carbons (Fsp3) is 0.833. The Hall–Kier alpha value is -0.460. The van der Waals surface area contributed by atoms with E-state index in [1.165, 1.54) is 6.54 Å². The zero-order chi connectivity index (χ0) is 9.59. The lowest BCUT2D eigenvalue weighted by atomic mass is 9.77. The first kappa shape index (κ1) is 9.11. The molecule has 2 rings (SSSR count). The molecule has 2 heterocycles. The Morgan fingerprint density at radius 2 is 1.85 bits per heavy atom. The minimum Gasteiger partial charge on any atom is -0.374 e. The maximum absolute atomic E-state index is 2.56. The Kier molecular flexibility index (Phi) is 2.13. The minimum atomic E-state index is 0.794. The first-order valence-electron chi connectivity index (χ1n) is 5.55. The summed E-state index contributed by atoms with van der Waals surface area (Å²) in [6, 6.07) is 0.801. The van der Waals surface area contributed by atoms with Gasteiger partial charge in [0.05, 0.1) is 0 Å². The Morgan fingerprint density at radius 1 is 1.15 bits per heavy atom. The standard InChI is InChI=1S/C12H21N/c1-8(2)11-10-5-6-13(7-10)12(11)9(3)4/h5-6,8-12H,7H2,1-4H3/t10?,11-,12-/m0/s1. The molecule has 1 fully saturated rings. The Bertz CT molecular complexity index is 195. The Balaban J connectivity index is 2.20. The van der Waals surface area contributed by atoms with Gasteiger partial charge in [-0.2, -0.15) is 0 Å². The van der Waals surface area contributed by atoms with E-state index in [2.05, 4.69) is 44.9 Å². The maximum Gasteiger partial charge on any atom is 0.0344 e. The monoisotopic (exact) mass is 179 g/mol. The lowest BCUT2D eigenvalue weighted by Gasteiger charge is -2.35. The van der Waals surface area contributed by atoms with Crippen molar-refractivity contribution < 1.29 is 0 Å². The molecule has 1 saturated heterocycles. The van der Waals surface area contributed by atoms with Crippen LogP contribution in [0.4, 0.5) is 0 Å². The van der Waals surface area contributed by atoms with Crippen molar-refractivity contribution in [3.8, 4) is 0 Å². The van der Waals surface area contributed by atoms with Gasteiger partial charge in [0.2, 0.25) is 0 Å². The number of fused-ring (bicyclic) bond motifs is 2. The fourth-order valence-electron chi connectivity index (χ4n) is 3.25. The first-order valence-corrected chi connectivity index (χ1v) is 5.55. The van der Waals surface area contributed by atoms with Crippen molar-refractivity contribution in [1.82, 2.24) is 4.90 Å². The molecular formula is C12H21N. The first-order chi connectivity index (χ1) is 6.11. The number of nitrogens with zero attached hydrogens (tertiary/aromatic N) is 1. The molecule has 1 heteroatoms. The second-order valence-corrected chi connectivity index (χ2v) is 5.26. The van der Waals surface area contributed by atoms with Gasteiger partial charge in [-0.05, 0) is 24.0 Å². The van der Waals surface area contributed by atoms with Crippen molar-refractivity contribution in [2.24, 2.45) is 23.7 Å². The van der Waals surface area contributed by atoms with Gasteiger partial charge in [0.15, 0.2) is 0 Å². The van der Waals surface area contributed by atoms with E-state index in [1.807, 2.05) is 0 Å². The van der Waals surface area contributed by atoms with Gasteiger partial charge < -0.3 is 4.90 Å². The largest absolute Gasteiger partial charge is 0.374 e. The summed E-state index contributed by atoms with van der Waals surface area (Å²) in [5.41, 5.74) is 0. The SMILES string of the molecule is CC(C)[C@H]1C2C=CN(C2)[C@H]1C(C)C. The third kappa shape index (κ3) is 1.29. The highest BCUT2D eigenvalue weighted by Crippen LogP contribution is 2.43. The molecule has 13 heavy (non-hydrogen) atoms. The van der Waals surface area contributed by atoms with Crippen LogP contribution in [0, 0.1) is 23.7 Å². The van der Waals surface area contributed by atoms with E-state index in [1.54, 1.807) is 0 Å². The molecule has 0 saturated carbocycles. The van der Waals surface area contributed by atoms with E-state index in [4.69, 9.17) is 0 Å². The van der Waals surface area contributed by atoms with Crippen LogP contribution >= 0.6 is 0 Å². The summed E-state index contributed by atoms with van der Waals surface area (Å²) >= 11 is 0. The van der Waals surface area contributed by atoms with Crippen LogP contribution in [-0.2, 0) is 0 Å². The molecule has 2 aliphatic heterocycles. The molecule has 74 valence electrons. The average Bonchev–Trinajstić information content (AvgIpc) is 2.60. The summed E-state index contributed by atoms with van der Waals surface area (Å²) < 4.78 is 0. The van der Waals surface area contributed by atoms with Gasteiger partial charge >= 0.3 is 0 Å². The van der Waals surface area contributed by atoms with Crippen LogP contribution in [0.5, 0.6) is 0 Å². The number of hydrogen-bond acceptors (Lipinski definition) is 1. The highest BCUT2D eigenvalue weighted by Gasteiger charge is 2.44. The molecule has 1 unspecified atom stereocenters. The lowest BCUT2D eigenvalue weighted by Crippen LogP contribution is -2.37. The predicted molar refractivity (Wildman–Crippen MR) is 56.3 cm³/mol. The van der Waals surface area contributed by atoms with E-state index < -0.39 is 0 Å². The normalized spacial score (nSPS) is 37.1. The average molecular weight is 179 g/mol. The van der Waals surface area contributed by atoms with Crippen LogP contribution in [0.3, 0.4) is 0 Å². The minimum absolute atomic E-state index is 0.794. The van der Waals surface area contributed by atoms with Gasteiger partial charge in [0.1, 0.15) is 0 Å². The molecule has 0 aromatic carbocycles. The van der Waals surface area contributed by atoms with E-state index in [-0.39, 0.29) is 0 Å². The summed E-state index contributed by atoms with van der Waals surface area (Å²) in [7, 11) is 0. The number of rotatable bonds is 2. The van der Waals surface area contributed by atoms with Crippen molar-refractivity contribution in [3.63, 3.8) is 0 Å². The van der Waals surface area contributed by atoms with Gasteiger partial charge in [-0.25, -0.2) is 0 Å². The van der Waals surface area contributed by atoms with E-state index >= 15 is 0 Å². The zero-order valence-electron chi connectivity index (χ0n) is 9.20. The van der Waals surface area contributed by atoms with Crippen molar-refractivity contribution in [2.75, 3.05) is 6.54 Å². The van der Waals surface area contributed by atoms with Crippen LogP contribution < -0.4 is 0 Å². The topological polar surface area (TPSA) is 3.24 Å². The van der Waals surface area contributed by atoms with Crippen LogP contribution in [0.2, 0.25) is 0 Å². The summed E-state index contributed by atoms with van der Waals surface area (Å²) in [6.45, 7) is 10.7. The van der Waals surface area contributed by atoms with Gasteiger partial charge in [-0.1, -0.05) is 33.8 Å². The lowest BCUT2D eigenvalue weighted by molar-refractivity contribution is 0.184. The maximum atomic E-state index is 2.56. The molecule has 1 nitrogen and oxygen atoms in total. The van der Waals surface area contributed by atoms with E-state index in [0.717, 1.165) is 29.7 Å². The molecule has 3 atom stereocenters.